The van der Waals surface area contributed by atoms with Crippen LogP contribution in [0.15, 0.2) is 23.1 Å². The third-order valence-corrected chi connectivity index (χ3v) is 4.18. The van der Waals surface area contributed by atoms with Crippen molar-refractivity contribution in [3.05, 3.63) is 29.8 Å². The van der Waals surface area contributed by atoms with E-state index >= 15 is 0 Å². The molecule has 0 unspecified atom stereocenters. The molecule has 8 heteroatoms. The first-order valence-electron chi connectivity index (χ1n) is 5.64. The van der Waals surface area contributed by atoms with Gasteiger partial charge in [0.05, 0.1) is 4.90 Å². The molecule has 1 fully saturated rings. The number of rotatable bonds is 3. The van der Waals surface area contributed by atoms with E-state index in [1.54, 1.807) is 0 Å². The van der Waals surface area contributed by atoms with Gasteiger partial charge >= 0.3 is 0 Å². The Morgan fingerprint density at radius 3 is 2.42 bits per heavy atom. The van der Waals surface area contributed by atoms with Crippen LogP contribution in [0.2, 0.25) is 0 Å². The summed E-state index contributed by atoms with van der Waals surface area (Å²) in [5, 5.41) is 2.51. The number of carbonyl (C=O) groups is 1. The van der Waals surface area contributed by atoms with Crippen LogP contribution in [0.25, 0.3) is 0 Å². The largest absolute Gasteiger partial charge is 0.355 e. The lowest BCUT2D eigenvalue weighted by molar-refractivity contribution is -0.124. The standard InChI is InChI=1S/C11H12F2N2O3S/c12-7-4-8(13)6-9(5-7)19(17,18)15-10-2-1-3-14-11(10)16/h4-6,10,15H,1-3H2,(H,14,16)/t10-/m0/s1. The van der Waals surface area contributed by atoms with Gasteiger partial charge in [-0.25, -0.2) is 17.2 Å². The summed E-state index contributed by atoms with van der Waals surface area (Å²) in [5.74, 6) is -2.42. The second kappa shape index (κ2) is 5.22. The minimum atomic E-state index is -4.13. The summed E-state index contributed by atoms with van der Waals surface area (Å²) in [6.07, 6.45) is 0.985. The monoisotopic (exact) mass is 290 g/mol. The molecule has 1 aromatic carbocycles. The van der Waals surface area contributed by atoms with Crippen molar-refractivity contribution in [2.24, 2.45) is 0 Å². The maximum atomic E-state index is 13.0. The Bertz CT molecular complexity index is 584. The highest BCUT2D eigenvalue weighted by molar-refractivity contribution is 7.89. The van der Waals surface area contributed by atoms with Crippen LogP contribution in [0.4, 0.5) is 8.78 Å². The molecule has 0 spiro atoms. The van der Waals surface area contributed by atoms with Crippen LogP contribution in [0, 0.1) is 11.6 Å². The number of halogens is 2. The van der Waals surface area contributed by atoms with Crippen LogP contribution in [0.1, 0.15) is 12.8 Å². The van der Waals surface area contributed by atoms with E-state index in [9.17, 15) is 22.0 Å². The predicted molar refractivity (Wildman–Crippen MR) is 62.7 cm³/mol. The lowest BCUT2D eigenvalue weighted by Crippen LogP contribution is -2.50. The predicted octanol–water partition coefficient (Wildman–Crippen LogP) is 0.522. The van der Waals surface area contributed by atoms with E-state index in [1.807, 2.05) is 0 Å². The normalized spacial score (nSPS) is 20.1. The Balaban J connectivity index is 2.24. The number of benzene rings is 1. The molecule has 1 heterocycles. The van der Waals surface area contributed by atoms with Crippen LogP contribution in [-0.2, 0) is 14.8 Å². The van der Waals surface area contributed by atoms with Gasteiger partial charge < -0.3 is 5.32 Å². The molecule has 1 aliphatic heterocycles. The molecule has 2 rings (SSSR count). The van der Waals surface area contributed by atoms with Gasteiger partial charge in [-0.15, -0.1) is 0 Å². The maximum Gasteiger partial charge on any atom is 0.241 e. The Labute approximate surface area is 109 Å². The molecular weight excluding hydrogens is 278 g/mol. The average molecular weight is 290 g/mol. The van der Waals surface area contributed by atoms with E-state index in [0.717, 1.165) is 0 Å². The van der Waals surface area contributed by atoms with E-state index < -0.39 is 38.5 Å². The zero-order valence-electron chi connectivity index (χ0n) is 9.82. The number of hydrogen-bond donors (Lipinski definition) is 2. The summed E-state index contributed by atoms with van der Waals surface area (Å²) in [5.41, 5.74) is 0. The van der Waals surface area contributed by atoms with Gasteiger partial charge in [-0.2, -0.15) is 4.72 Å². The number of hydrogen-bond acceptors (Lipinski definition) is 3. The summed E-state index contributed by atoms with van der Waals surface area (Å²) in [7, 11) is -4.13. The fraction of sp³-hybridized carbons (Fsp3) is 0.364. The van der Waals surface area contributed by atoms with Crippen molar-refractivity contribution >= 4 is 15.9 Å². The highest BCUT2D eigenvalue weighted by Gasteiger charge is 2.28. The van der Waals surface area contributed by atoms with E-state index in [-0.39, 0.29) is 0 Å². The van der Waals surface area contributed by atoms with Crippen LogP contribution < -0.4 is 10.0 Å². The molecule has 0 aromatic heterocycles. The van der Waals surface area contributed by atoms with Gasteiger partial charge in [-0.05, 0) is 25.0 Å². The van der Waals surface area contributed by atoms with Crippen molar-refractivity contribution in [2.75, 3.05) is 6.54 Å². The summed E-state index contributed by atoms with van der Waals surface area (Å²) in [6.45, 7) is 0.492. The fourth-order valence-corrected chi connectivity index (χ4v) is 3.09. The van der Waals surface area contributed by atoms with Gasteiger partial charge in [-0.1, -0.05) is 0 Å². The van der Waals surface area contributed by atoms with Gasteiger partial charge in [0.2, 0.25) is 15.9 Å². The highest BCUT2D eigenvalue weighted by atomic mass is 32.2. The van der Waals surface area contributed by atoms with Gasteiger partial charge in [-0.3, -0.25) is 4.79 Å². The van der Waals surface area contributed by atoms with Crippen molar-refractivity contribution in [1.29, 1.82) is 0 Å². The van der Waals surface area contributed by atoms with Crippen LogP contribution in [0.5, 0.6) is 0 Å². The van der Waals surface area contributed by atoms with Gasteiger partial charge in [0.15, 0.2) is 0 Å². The minimum Gasteiger partial charge on any atom is -0.355 e. The first-order chi connectivity index (χ1) is 8.88. The molecule has 1 atom stereocenters. The molecule has 0 aliphatic carbocycles. The highest BCUT2D eigenvalue weighted by Crippen LogP contribution is 2.15. The van der Waals surface area contributed by atoms with Crippen molar-refractivity contribution < 1.29 is 22.0 Å². The smallest absolute Gasteiger partial charge is 0.241 e. The lowest BCUT2D eigenvalue weighted by atomic mass is 10.1. The van der Waals surface area contributed by atoms with Crippen LogP contribution in [-0.4, -0.2) is 26.9 Å². The maximum absolute atomic E-state index is 13.0. The second-order valence-electron chi connectivity index (χ2n) is 4.21. The SMILES string of the molecule is O=C1NCCC[C@@H]1NS(=O)(=O)c1cc(F)cc(F)c1. The molecule has 0 bridgehead atoms. The van der Waals surface area contributed by atoms with Crippen LogP contribution in [0.3, 0.4) is 0 Å². The molecule has 0 radical (unpaired) electrons. The quantitative estimate of drug-likeness (QED) is 0.852. The topological polar surface area (TPSA) is 75.3 Å². The number of carbonyl (C=O) groups excluding carboxylic acids is 1. The second-order valence-corrected chi connectivity index (χ2v) is 5.93. The first-order valence-corrected chi connectivity index (χ1v) is 7.13. The number of nitrogens with one attached hydrogen (secondary N) is 2. The molecule has 0 saturated carbocycles. The Morgan fingerprint density at radius 1 is 1.21 bits per heavy atom. The van der Waals surface area contributed by atoms with Crippen molar-refractivity contribution in [3.63, 3.8) is 0 Å². The molecule has 1 aromatic rings. The molecule has 5 nitrogen and oxygen atoms in total. The summed E-state index contributed by atoms with van der Waals surface area (Å²) in [4.78, 5) is 10.9. The van der Waals surface area contributed by atoms with Crippen molar-refractivity contribution in [1.82, 2.24) is 10.0 Å². The van der Waals surface area contributed by atoms with E-state index in [0.29, 0.717) is 37.6 Å². The Hall–Kier alpha value is -1.54. The van der Waals surface area contributed by atoms with Crippen molar-refractivity contribution in [2.45, 2.75) is 23.8 Å². The zero-order valence-corrected chi connectivity index (χ0v) is 10.6. The Morgan fingerprint density at radius 2 is 1.84 bits per heavy atom. The first kappa shape index (κ1) is 13.9. The van der Waals surface area contributed by atoms with Gasteiger partial charge in [0, 0.05) is 12.6 Å². The molecule has 19 heavy (non-hydrogen) atoms. The third kappa shape index (κ3) is 3.27. The molecule has 2 N–H and O–H groups in total. The van der Waals surface area contributed by atoms with Crippen molar-refractivity contribution in [3.8, 4) is 0 Å². The van der Waals surface area contributed by atoms with Gasteiger partial charge in [0.1, 0.15) is 17.7 Å². The molecule has 1 saturated heterocycles. The number of amides is 1. The third-order valence-electron chi connectivity index (χ3n) is 2.73. The number of piperidine rings is 1. The lowest BCUT2D eigenvalue weighted by Gasteiger charge is -2.22. The van der Waals surface area contributed by atoms with Crippen LogP contribution >= 0.6 is 0 Å². The van der Waals surface area contributed by atoms with E-state index in [1.165, 1.54) is 0 Å². The summed E-state index contributed by atoms with van der Waals surface area (Å²) < 4.78 is 52.0. The molecule has 1 amide bonds. The summed E-state index contributed by atoms with van der Waals surface area (Å²) >= 11 is 0. The molecule has 104 valence electrons. The van der Waals surface area contributed by atoms with E-state index in [2.05, 4.69) is 10.0 Å². The molecular formula is C11H12F2N2O3S. The average Bonchev–Trinajstić information content (AvgIpc) is 2.31. The van der Waals surface area contributed by atoms with E-state index in [4.69, 9.17) is 0 Å². The number of sulfonamides is 1. The molecule has 1 aliphatic rings. The minimum absolute atomic E-state index is 0.350. The van der Waals surface area contributed by atoms with Gasteiger partial charge in [0.25, 0.3) is 0 Å². The Kier molecular flexibility index (Phi) is 3.81. The summed E-state index contributed by atoms with van der Waals surface area (Å²) in [6, 6.07) is 1.06. The zero-order chi connectivity index (χ0) is 14.0. The fourth-order valence-electron chi connectivity index (χ4n) is 1.82.